The van der Waals surface area contributed by atoms with Crippen LogP contribution in [0.25, 0.3) is 0 Å². The molecule has 3 atom stereocenters. The molecule has 2 nitrogen and oxygen atoms in total. The molecule has 0 aromatic carbocycles. The second kappa shape index (κ2) is 5.92. The van der Waals surface area contributed by atoms with Gasteiger partial charge in [0.25, 0.3) is 0 Å². The lowest BCUT2D eigenvalue weighted by molar-refractivity contribution is 0.0269. The van der Waals surface area contributed by atoms with Crippen molar-refractivity contribution < 1.29 is 0 Å². The minimum absolute atomic E-state index is 0.289. The maximum Gasteiger partial charge on any atom is 0.0253 e. The Bertz CT molecular complexity index is 262. The molecule has 0 spiro atoms. The van der Waals surface area contributed by atoms with E-state index in [1.54, 1.807) is 0 Å². The van der Waals surface area contributed by atoms with E-state index >= 15 is 0 Å². The van der Waals surface area contributed by atoms with Crippen molar-refractivity contribution in [2.45, 2.75) is 83.8 Å². The van der Waals surface area contributed by atoms with E-state index in [0.717, 1.165) is 18.0 Å². The Balaban J connectivity index is 2.10. The molecule has 1 saturated heterocycles. The molecule has 2 aliphatic rings. The second-order valence-corrected chi connectivity index (χ2v) is 7.18. The molecule has 1 heterocycles. The maximum atomic E-state index is 3.72. The van der Waals surface area contributed by atoms with Crippen molar-refractivity contribution in [2.75, 3.05) is 13.1 Å². The molecule has 1 aliphatic heterocycles. The maximum absolute atomic E-state index is 3.72. The highest BCUT2D eigenvalue weighted by atomic mass is 15.3. The van der Waals surface area contributed by atoms with Crippen LogP contribution in [0.15, 0.2) is 0 Å². The zero-order valence-corrected chi connectivity index (χ0v) is 12.8. The normalized spacial score (nSPS) is 38.3. The van der Waals surface area contributed by atoms with Crippen LogP contribution in [0.4, 0.5) is 0 Å². The summed E-state index contributed by atoms with van der Waals surface area (Å²) in [7, 11) is 0. The van der Waals surface area contributed by atoms with Crippen LogP contribution in [0, 0.1) is 5.92 Å². The van der Waals surface area contributed by atoms with Crippen LogP contribution in [0.2, 0.25) is 0 Å². The average Bonchev–Trinajstić information content (AvgIpc) is 2.53. The van der Waals surface area contributed by atoms with Gasteiger partial charge in [-0.3, -0.25) is 4.90 Å². The topological polar surface area (TPSA) is 15.3 Å². The van der Waals surface area contributed by atoms with Gasteiger partial charge < -0.3 is 5.32 Å². The van der Waals surface area contributed by atoms with Crippen molar-refractivity contribution >= 4 is 0 Å². The monoisotopic (exact) mass is 252 g/mol. The Hall–Kier alpha value is -0.0800. The van der Waals surface area contributed by atoms with Gasteiger partial charge >= 0.3 is 0 Å². The summed E-state index contributed by atoms with van der Waals surface area (Å²) < 4.78 is 0. The van der Waals surface area contributed by atoms with E-state index < -0.39 is 0 Å². The van der Waals surface area contributed by atoms with Crippen LogP contribution < -0.4 is 5.32 Å². The lowest BCUT2D eigenvalue weighted by Gasteiger charge is -2.49. The third-order valence-corrected chi connectivity index (χ3v) is 5.08. The van der Waals surface area contributed by atoms with Crippen molar-refractivity contribution in [1.82, 2.24) is 10.2 Å². The summed E-state index contributed by atoms with van der Waals surface area (Å²) in [5.41, 5.74) is 0.289. The zero-order valence-electron chi connectivity index (χ0n) is 12.8. The van der Waals surface area contributed by atoms with Gasteiger partial charge in [0.05, 0.1) is 0 Å². The first-order valence-corrected chi connectivity index (χ1v) is 8.04. The third-order valence-electron chi connectivity index (χ3n) is 5.08. The Morgan fingerprint density at radius 1 is 1.17 bits per heavy atom. The van der Waals surface area contributed by atoms with Crippen molar-refractivity contribution in [3.8, 4) is 0 Å². The highest BCUT2D eigenvalue weighted by molar-refractivity contribution is 4.96. The molecule has 0 aromatic rings. The molecule has 106 valence electrons. The summed E-state index contributed by atoms with van der Waals surface area (Å²) in [6.45, 7) is 11.9. The predicted octanol–water partition coefficient (Wildman–Crippen LogP) is 3.42. The van der Waals surface area contributed by atoms with Gasteiger partial charge in [-0.05, 0) is 39.0 Å². The Morgan fingerprint density at radius 3 is 2.61 bits per heavy atom. The minimum atomic E-state index is 0.289. The lowest BCUT2D eigenvalue weighted by atomic mass is 9.89. The first kappa shape index (κ1) is 14.3. The van der Waals surface area contributed by atoms with Gasteiger partial charge in [0.2, 0.25) is 0 Å². The van der Waals surface area contributed by atoms with E-state index in [0.29, 0.717) is 0 Å². The lowest BCUT2D eigenvalue weighted by Crippen LogP contribution is -2.64. The molecule has 2 heteroatoms. The van der Waals surface area contributed by atoms with Crippen LogP contribution in [-0.4, -0.2) is 35.6 Å². The van der Waals surface area contributed by atoms with E-state index in [-0.39, 0.29) is 5.54 Å². The Kier molecular flexibility index (Phi) is 4.71. The first-order chi connectivity index (χ1) is 8.53. The van der Waals surface area contributed by atoms with Crippen molar-refractivity contribution in [2.24, 2.45) is 5.92 Å². The van der Waals surface area contributed by atoms with Gasteiger partial charge in [-0.15, -0.1) is 0 Å². The van der Waals surface area contributed by atoms with Crippen LogP contribution >= 0.6 is 0 Å². The molecule has 0 amide bonds. The number of hydrogen-bond acceptors (Lipinski definition) is 2. The summed E-state index contributed by atoms with van der Waals surface area (Å²) in [6, 6.07) is 1.59. The van der Waals surface area contributed by atoms with E-state index in [1.165, 1.54) is 51.6 Å². The van der Waals surface area contributed by atoms with E-state index in [4.69, 9.17) is 0 Å². The Morgan fingerprint density at radius 2 is 1.89 bits per heavy atom. The quantitative estimate of drug-likeness (QED) is 0.758. The molecule has 1 N–H and O–H groups in total. The fourth-order valence-electron chi connectivity index (χ4n) is 3.89. The molecule has 0 radical (unpaired) electrons. The average molecular weight is 252 g/mol. The first-order valence-electron chi connectivity index (χ1n) is 8.04. The van der Waals surface area contributed by atoms with Crippen LogP contribution in [0.5, 0.6) is 0 Å². The molecular weight excluding hydrogens is 220 g/mol. The molecule has 0 aromatic heterocycles. The van der Waals surface area contributed by atoms with Crippen LogP contribution in [0.3, 0.4) is 0 Å². The molecule has 2 fully saturated rings. The SMILES string of the molecule is CCC1CNC(C)(C)CN1C1CCCCCC1C. The van der Waals surface area contributed by atoms with Gasteiger partial charge in [0, 0.05) is 30.7 Å². The summed E-state index contributed by atoms with van der Waals surface area (Å²) in [6.07, 6.45) is 8.48. The van der Waals surface area contributed by atoms with Crippen LogP contribution in [-0.2, 0) is 0 Å². The number of hydrogen-bond donors (Lipinski definition) is 1. The highest BCUT2D eigenvalue weighted by Crippen LogP contribution is 2.31. The van der Waals surface area contributed by atoms with Gasteiger partial charge in [-0.1, -0.05) is 33.1 Å². The molecule has 2 rings (SSSR count). The zero-order chi connectivity index (χ0) is 13.2. The largest absolute Gasteiger partial charge is 0.309 e. The number of piperazine rings is 1. The van der Waals surface area contributed by atoms with Crippen molar-refractivity contribution in [3.63, 3.8) is 0 Å². The minimum Gasteiger partial charge on any atom is -0.309 e. The van der Waals surface area contributed by atoms with Gasteiger partial charge in [0.15, 0.2) is 0 Å². The summed E-state index contributed by atoms with van der Waals surface area (Å²) >= 11 is 0. The standard InChI is InChI=1S/C16H32N2/c1-5-14-11-17-16(3,4)12-18(14)15-10-8-6-7-9-13(15)2/h13-15,17H,5-12H2,1-4H3. The van der Waals surface area contributed by atoms with Crippen molar-refractivity contribution in [1.29, 1.82) is 0 Å². The molecule has 18 heavy (non-hydrogen) atoms. The fourth-order valence-corrected chi connectivity index (χ4v) is 3.89. The number of rotatable bonds is 2. The van der Waals surface area contributed by atoms with E-state index in [9.17, 15) is 0 Å². The number of nitrogens with zero attached hydrogens (tertiary/aromatic N) is 1. The predicted molar refractivity (Wildman–Crippen MR) is 78.9 cm³/mol. The van der Waals surface area contributed by atoms with E-state index in [2.05, 4.69) is 37.9 Å². The number of nitrogens with one attached hydrogen (secondary N) is 1. The highest BCUT2D eigenvalue weighted by Gasteiger charge is 2.37. The van der Waals surface area contributed by atoms with Gasteiger partial charge in [-0.25, -0.2) is 0 Å². The summed E-state index contributed by atoms with van der Waals surface area (Å²) in [5, 5.41) is 3.72. The molecule has 1 aliphatic carbocycles. The summed E-state index contributed by atoms with van der Waals surface area (Å²) in [5.74, 6) is 0.885. The third kappa shape index (κ3) is 3.27. The second-order valence-electron chi connectivity index (χ2n) is 7.18. The van der Waals surface area contributed by atoms with Crippen molar-refractivity contribution in [3.05, 3.63) is 0 Å². The van der Waals surface area contributed by atoms with Crippen LogP contribution in [0.1, 0.15) is 66.2 Å². The van der Waals surface area contributed by atoms with E-state index in [1.807, 2.05) is 0 Å². The molecule has 3 unspecified atom stereocenters. The molecule has 0 bridgehead atoms. The molecule has 1 saturated carbocycles. The molecular formula is C16H32N2. The van der Waals surface area contributed by atoms with Gasteiger partial charge in [-0.2, -0.15) is 0 Å². The van der Waals surface area contributed by atoms with Gasteiger partial charge in [0.1, 0.15) is 0 Å². The summed E-state index contributed by atoms with van der Waals surface area (Å²) in [4.78, 5) is 2.85. The fraction of sp³-hybridized carbons (Fsp3) is 1.00. The smallest absolute Gasteiger partial charge is 0.0253 e. The Labute approximate surface area is 114 Å².